The van der Waals surface area contributed by atoms with E-state index in [1.165, 1.54) is 6.20 Å². The van der Waals surface area contributed by atoms with Crippen LogP contribution in [-0.2, 0) is 9.53 Å². The quantitative estimate of drug-likeness (QED) is 0.777. The van der Waals surface area contributed by atoms with Crippen LogP contribution >= 0.6 is 46.4 Å². The smallest absolute Gasteiger partial charge is 0.359 e. The highest BCUT2D eigenvalue weighted by atomic mass is 35.5. The number of pyridine rings is 1. The lowest BCUT2D eigenvalue weighted by Crippen LogP contribution is -2.21. The van der Waals surface area contributed by atoms with Crippen LogP contribution in [0.4, 0.5) is 5.69 Å². The monoisotopic (exact) mass is 392 g/mol. The van der Waals surface area contributed by atoms with Gasteiger partial charge in [0.05, 0.1) is 15.1 Å². The van der Waals surface area contributed by atoms with Crippen molar-refractivity contribution in [3.05, 3.63) is 56.2 Å². The van der Waals surface area contributed by atoms with E-state index in [0.717, 1.165) is 0 Å². The molecule has 23 heavy (non-hydrogen) atoms. The van der Waals surface area contributed by atoms with E-state index in [4.69, 9.17) is 51.1 Å². The second kappa shape index (κ2) is 7.84. The second-order valence-corrected chi connectivity index (χ2v) is 5.81. The number of aromatic nitrogens is 1. The first-order chi connectivity index (χ1) is 10.9. The summed E-state index contributed by atoms with van der Waals surface area (Å²) in [6.45, 7) is -0.514. The van der Waals surface area contributed by atoms with Gasteiger partial charge in [-0.3, -0.25) is 4.79 Å². The molecule has 1 aromatic heterocycles. The van der Waals surface area contributed by atoms with Gasteiger partial charge in [0, 0.05) is 16.9 Å². The Morgan fingerprint density at radius 1 is 1.04 bits per heavy atom. The van der Waals surface area contributed by atoms with E-state index in [1.807, 2.05) is 0 Å². The van der Waals surface area contributed by atoms with Gasteiger partial charge in [0.25, 0.3) is 5.91 Å². The van der Waals surface area contributed by atoms with Crippen molar-refractivity contribution in [3.63, 3.8) is 0 Å². The number of anilines is 1. The molecule has 0 unspecified atom stereocenters. The van der Waals surface area contributed by atoms with Crippen molar-refractivity contribution in [1.29, 1.82) is 0 Å². The minimum absolute atomic E-state index is 0.0131. The Kier molecular flexibility index (Phi) is 6.07. The first-order valence-electron chi connectivity index (χ1n) is 6.10. The minimum atomic E-state index is -0.889. The van der Waals surface area contributed by atoms with Crippen molar-refractivity contribution in [2.75, 3.05) is 11.9 Å². The van der Waals surface area contributed by atoms with Gasteiger partial charge in [-0.1, -0.05) is 46.4 Å². The third-order valence-corrected chi connectivity index (χ3v) is 4.07. The number of nitrogens with one attached hydrogen (secondary N) is 1. The fraction of sp³-hybridized carbons (Fsp3) is 0.0714. The maximum atomic E-state index is 11.9. The Hall–Kier alpha value is -1.53. The number of benzene rings is 1. The van der Waals surface area contributed by atoms with Crippen molar-refractivity contribution in [3.8, 4) is 0 Å². The summed E-state index contributed by atoms with van der Waals surface area (Å²) >= 11 is 23.1. The van der Waals surface area contributed by atoms with E-state index in [0.29, 0.717) is 10.7 Å². The number of amides is 1. The summed E-state index contributed by atoms with van der Waals surface area (Å²) in [5.41, 5.74) is 0.293. The number of hydrogen-bond donors (Lipinski definition) is 1. The van der Waals surface area contributed by atoms with E-state index in [-0.39, 0.29) is 20.8 Å². The summed E-state index contributed by atoms with van der Waals surface area (Å²) in [5.74, 6) is -1.42. The average molecular weight is 394 g/mol. The van der Waals surface area contributed by atoms with E-state index in [9.17, 15) is 9.59 Å². The fourth-order valence-electron chi connectivity index (χ4n) is 1.52. The molecule has 1 aromatic carbocycles. The van der Waals surface area contributed by atoms with Gasteiger partial charge in [-0.2, -0.15) is 0 Å². The van der Waals surface area contributed by atoms with Crippen molar-refractivity contribution < 1.29 is 14.3 Å². The van der Waals surface area contributed by atoms with Crippen molar-refractivity contribution in [1.82, 2.24) is 4.98 Å². The Balaban J connectivity index is 1.95. The molecule has 0 aliphatic carbocycles. The summed E-state index contributed by atoms with van der Waals surface area (Å²) in [7, 11) is 0. The number of carbonyl (C=O) groups excluding carboxylic acids is 2. The number of ether oxygens (including phenoxy) is 1. The van der Waals surface area contributed by atoms with Crippen LogP contribution in [0.2, 0.25) is 20.1 Å². The molecule has 5 nitrogen and oxygen atoms in total. The van der Waals surface area contributed by atoms with Gasteiger partial charge in [-0.25, -0.2) is 9.78 Å². The Labute approximate surface area is 151 Å². The topological polar surface area (TPSA) is 68.3 Å². The lowest BCUT2D eigenvalue weighted by Gasteiger charge is -2.08. The lowest BCUT2D eigenvalue weighted by atomic mass is 10.3. The lowest BCUT2D eigenvalue weighted by molar-refractivity contribution is -0.119. The molecular weight excluding hydrogens is 386 g/mol. The molecule has 0 bridgehead atoms. The van der Waals surface area contributed by atoms with Crippen LogP contribution in [0, 0.1) is 0 Å². The van der Waals surface area contributed by atoms with E-state index in [1.54, 1.807) is 24.3 Å². The zero-order chi connectivity index (χ0) is 17.0. The molecule has 2 aromatic rings. The molecule has 0 aliphatic rings. The molecule has 0 aliphatic heterocycles. The van der Waals surface area contributed by atoms with Crippen LogP contribution in [0.25, 0.3) is 0 Å². The third-order valence-electron chi connectivity index (χ3n) is 2.57. The average Bonchev–Trinajstić information content (AvgIpc) is 2.53. The van der Waals surface area contributed by atoms with E-state index < -0.39 is 18.5 Å². The number of esters is 1. The highest BCUT2D eigenvalue weighted by molar-refractivity contribution is 6.48. The third kappa shape index (κ3) is 4.72. The zero-order valence-corrected chi connectivity index (χ0v) is 14.3. The van der Waals surface area contributed by atoms with Crippen LogP contribution in [-0.4, -0.2) is 23.5 Å². The largest absolute Gasteiger partial charge is 0.451 e. The normalized spacial score (nSPS) is 10.3. The van der Waals surface area contributed by atoms with Crippen LogP contribution in [0.1, 0.15) is 10.5 Å². The SMILES string of the molecule is O=C(COC(=O)c1ncc(Cl)c(Cl)c1Cl)Nc1ccc(Cl)cc1. The van der Waals surface area contributed by atoms with Gasteiger partial charge in [0.15, 0.2) is 12.3 Å². The molecule has 0 atom stereocenters. The van der Waals surface area contributed by atoms with Gasteiger partial charge in [-0.05, 0) is 24.3 Å². The molecule has 1 amide bonds. The van der Waals surface area contributed by atoms with Crippen molar-refractivity contribution in [2.45, 2.75) is 0 Å². The van der Waals surface area contributed by atoms with Gasteiger partial charge in [0.2, 0.25) is 0 Å². The Morgan fingerprint density at radius 3 is 2.35 bits per heavy atom. The summed E-state index contributed by atoms with van der Waals surface area (Å²) < 4.78 is 4.84. The molecule has 1 heterocycles. The number of rotatable bonds is 4. The Bertz CT molecular complexity index is 750. The maximum absolute atomic E-state index is 11.9. The van der Waals surface area contributed by atoms with Gasteiger partial charge >= 0.3 is 5.97 Å². The molecule has 1 N–H and O–H groups in total. The van der Waals surface area contributed by atoms with E-state index >= 15 is 0 Å². The van der Waals surface area contributed by atoms with Crippen LogP contribution in [0.5, 0.6) is 0 Å². The van der Waals surface area contributed by atoms with Gasteiger partial charge in [0.1, 0.15) is 0 Å². The predicted molar refractivity (Wildman–Crippen MR) is 89.6 cm³/mol. The van der Waals surface area contributed by atoms with Crippen molar-refractivity contribution in [2.24, 2.45) is 0 Å². The highest BCUT2D eigenvalue weighted by Crippen LogP contribution is 2.31. The molecule has 9 heteroatoms. The molecule has 2 rings (SSSR count). The van der Waals surface area contributed by atoms with E-state index in [2.05, 4.69) is 10.3 Å². The van der Waals surface area contributed by atoms with Gasteiger partial charge < -0.3 is 10.1 Å². The molecular formula is C14H8Cl4N2O3. The highest BCUT2D eigenvalue weighted by Gasteiger charge is 2.19. The standard InChI is InChI=1S/C14H8Cl4N2O3/c15-7-1-3-8(4-2-7)20-10(21)6-23-14(22)13-12(18)11(17)9(16)5-19-13/h1-5H,6H2,(H,20,21). The van der Waals surface area contributed by atoms with Crippen LogP contribution < -0.4 is 5.32 Å². The summed E-state index contributed by atoms with van der Waals surface area (Å²) in [5, 5.41) is 3.03. The molecule has 0 saturated heterocycles. The summed E-state index contributed by atoms with van der Waals surface area (Å²) in [6.07, 6.45) is 1.17. The molecule has 120 valence electrons. The minimum Gasteiger partial charge on any atom is -0.451 e. The van der Waals surface area contributed by atoms with Crippen LogP contribution in [0.15, 0.2) is 30.5 Å². The second-order valence-electron chi connectivity index (χ2n) is 4.21. The molecule has 0 spiro atoms. The fourth-order valence-corrected chi connectivity index (χ4v) is 2.20. The van der Waals surface area contributed by atoms with Crippen molar-refractivity contribution >= 4 is 64.0 Å². The number of nitrogens with zero attached hydrogens (tertiary/aromatic N) is 1. The number of carbonyl (C=O) groups is 2. The predicted octanol–water partition coefficient (Wildman–Crippen LogP) is 4.49. The van der Waals surface area contributed by atoms with Gasteiger partial charge in [-0.15, -0.1) is 0 Å². The summed E-state index contributed by atoms with van der Waals surface area (Å²) in [4.78, 5) is 27.3. The Morgan fingerprint density at radius 2 is 1.70 bits per heavy atom. The first kappa shape index (κ1) is 17.8. The first-order valence-corrected chi connectivity index (χ1v) is 7.61. The maximum Gasteiger partial charge on any atom is 0.359 e. The molecule has 0 saturated carbocycles. The zero-order valence-electron chi connectivity index (χ0n) is 11.3. The number of hydrogen-bond acceptors (Lipinski definition) is 4. The van der Waals surface area contributed by atoms with Crippen LogP contribution in [0.3, 0.4) is 0 Å². The number of halogens is 4. The molecule has 0 fully saturated rings. The summed E-state index contributed by atoms with van der Waals surface area (Å²) in [6, 6.07) is 6.45. The molecule has 0 radical (unpaired) electrons.